The van der Waals surface area contributed by atoms with Gasteiger partial charge in [-0.15, -0.1) is 0 Å². The van der Waals surface area contributed by atoms with Gasteiger partial charge in [-0.25, -0.2) is 4.98 Å². The number of imidazole rings is 1. The second-order valence-corrected chi connectivity index (χ2v) is 7.59. The highest BCUT2D eigenvalue weighted by Gasteiger charge is 2.28. The van der Waals surface area contributed by atoms with Gasteiger partial charge in [-0.05, 0) is 12.8 Å². The van der Waals surface area contributed by atoms with Crippen molar-refractivity contribution in [3.63, 3.8) is 0 Å². The van der Waals surface area contributed by atoms with E-state index in [2.05, 4.69) is 23.7 Å². The van der Waals surface area contributed by atoms with Gasteiger partial charge in [-0.1, -0.05) is 13.8 Å². The van der Waals surface area contributed by atoms with E-state index in [-0.39, 0.29) is 0 Å². The van der Waals surface area contributed by atoms with Crippen molar-refractivity contribution in [3.05, 3.63) is 17.2 Å². The second kappa shape index (κ2) is 5.37. The molecule has 0 saturated carbocycles. The minimum atomic E-state index is -0.588. The van der Waals surface area contributed by atoms with Crippen LogP contribution in [0.2, 0.25) is 0 Å². The van der Waals surface area contributed by atoms with Gasteiger partial charge in [0, 0.05) is 59.5 Å². The predicted molar refractivity (Wildman–Crippen MR) is 77.9 cm³/mol. The van der Waals surface area contributed by atoms with E-state index in [0.717, 1.165) is 43.9 Å². The molecule has 0 bridgehead atoms. The Balaban J connectivity index is 1.98. The van der Waals surface area contributed by atoms with Gasteiger partial charge in [0.15, 0.2) is 0 Å². The van der Waals surface area contributed by atoms with E-state index in [0.29, 0.717) is 12.0 Å². The molecule has 1 saturated heterocycles. The molecule has 2 aliphatic rings. The Bertz CT molecular complexity index is 485. The normalized spacial score (nSPS) is 27.5. The summed E-state index contributed by atoms with van der Waals surface area (Å²) in [6.07, 6.45) is 3.17. The highest BCUT2D eigenvalue weighted by atomic mass is 32.2. The predicted octanol–water partition coefficient (Wildman–Crippen LogP) is 1.74. The molecule has 1 fully saturated rings. The molecule has 5 heteroatoms. The fourth-order valence-electron chi connectivity index (χ4n) is 3.21. The molecule has 2 aliphatic heterocycles. The van der Waals surface area contributed by atoms with E-state index < -0.39 is 10.8 Å². The van der Waals surface area contributed by atoms with Crippen LogP contribution in [0.3, 0.4) is 0 Å². The van der Waals surface area contributed by atoms with Gasteiger partial charge in [0.05, 0.1) is 5.69 Å². The Labute approximate surface area is 117 Å². The van der Waals surface area contributed by atoms with Crippen LogP contribution in [0, 0.1) is 0 Å². The van der Waals surface area contributed by atoms with Gasteiger partial charge >= 0.3 is 0 Å². The molecule has 0 spiro atoms. The molecule has 19 heavy (non-hydrogen) atoms. The largest absolute Gasteiger partial charge is 0.328 e. The van der Waals surface area contributed by atoms with Gasteiger partial charge in [0.1, 0.15) is 5.82 Å². The SMILES string of the molecule is CC(C)c1nc2c(n1C1CCS(=O)CC1)CCNC2. The van der Waals surface area contributed by atoms with Crippen LogP contribution in [0.4, 0.5) is 0 Å². The molecule has 106 valence electrons. The van der Waals surface area contributed by atoms with Crippen molar-refractivity contribution in [3.8, 4) is 0 Å². The first-order valence-electron chi connectivity index (χ1n) is 7.32. The summed E-state index contributed by atoms with van der Waals surface area (Å²) >= 11 is 0. The van der Waals surface area contributed by atoms with Crippen LogP contribution < -0.4 is 5.32 Å². The highest BCUT2D eigenvalue weighted by Crippen LogP contribution is 2.31. The molecule has 0 atom stereocenters. The molecule has 3 heterocycles. The van der Waals surface area contributed by atoms with Crippen molar-refractivity contribution in [1.29, 1.82) is 0 Å². The van der Waals surface area contributed by atoms with Crippen LogP contribution in [0.25, 0.3) is 0 Å². The summed E-state index contributed by atoms with van der Waals surface area (Å²) in [7, 11) is -0.588. The maximum absolute atomic E-state index is 11.6. The summed E-state index contributed by atoms with van der Waals surface area (Å²) in [6.45, 7) is 6.40. The minimum Gasteiger partial charge on any atom is -0.328 e. The zero-order chi connectivity index (χ0) is 13.4. The topological polar surface area (TPSA) is 46.9 Å². The Morgan fingerprint density at radius 3 is 2.79 bits per heavy atom. The average molecular weight is 281 g/mol. The third kappa shape index (κ3) is 2.50. The van der Waals surface area contributed by atoms with E-state index in [1.807, 2.05) is 0 Å². The molecule has 4 nitrogen and oxygen atoms in total. The van der Waals surface area contributed by atoms with Gasteiger partial charge in [0.2, 0.25) is 0 Å². The van der Waals surface area contributed by atoms with E-state index in [4.69, 9.17) is 4.98 Å². The maximum Gasteiger partial charge on any atom is 0.112 e. The minimum absolute atomic E-state index is 0.457. The molecule has 3 rings (SSSR count). The Hall–Kier alpha value is -0.680. The number of rotatable bonds is 2. The lowest BCUT2D eigenvalue weighted by atomic mass is 10.1. The monoisotopic (exact) mass is 281 g/mol. The summed E-state index contributed by atoms with van der Waals surface area (Å²) in [5.41, 5.74) is 2.67. The fourth-order valence-corrected chi connectivity index (χ4v) is 4.48. The molecule has 0 aliphatic carbocycles. The summed E-state index contributed by atoms with van der Waals surface area (Å²) in [5.74, 6) is 3.39. The first kappa shape index (κ1) is 13.3. The van der Waals surface area contributed by atoms with Crippen molar-refractivity contribution >= 4 is 10.8 Å². The lowest BCUT2D eigenvalue weighted by molar-refractivity contribution is 0.423. The van der Waals surface area contributed by atoms with Crippen LogP contribution in [0.15, 0.2) is 0 Å². The third-order valence-electron chi connectivity index (χ3n) is 4.19. The number of nitrogens with zero attached hydrogens (tertiary/aromatic N) is 2. The van der Waals surface area contributed by atoms with E-state index >= 15 is 0 Å². The molecular formula is C14H23N3OS. The summed E-state index contributed by atoms with van der Waals surface area (Å²) in [5, 5.41) is 3.41. The number of hydrogen-bond acceptors (Lipinski definition) is 3. The summed E-state index contributed by atoms with van der Waals surface area (Å²) in [6, 6.07) is 0.518. The number of aromatic nitrogens is 2. The molecule has 1 aromatic heterocycles. The molecule has 0 unspecified atom stereocenters. The number of fused-ring (bicyclic) bond motifs is 1. The van der Waals surface area contributed by atoms with Gasteiger partial charge in [-0.3, -0.25) is 4.21 Å². The Morgan fingerprint density at radius 1 is 1.37 bits per heavy atom. The quantitative estimate of drug-likeness (QED) is 0.898. The van der Waals surface area contributed by atoms with Crippen molar-refractivity contribution in [1.82, 2.24) is 14.9 Å². The van der Waals surface area contributed by atoms with Crippen LogP contribution in [0.1, 0.15) is 55.9 Å². The number of nitrogens with one attached hydrogen (secondary N) is 1. The standard InChI is InChI=1S/C14H23N3OS/c1-10(2)14-16-12-9-15-6-3-13(12)17(14)11-4-7-19(18)8-5-11/h10-11,15H,3-9H2,1-2H3. The lowest BCUT2D eigenvalue weighted by Gasteiger charge is -2.28. The van der Waals surface area contributed by atoms with Crippen molar-refractivity contribution in [2.75, 3.05) is 18.1 Å². The van der Waals surface area contributed by atoms with E-state index in [1.165, 1.54) is 17.2 Å². The fraction of sp³-hybridized carbons (Fsp3) is 0.786. The van der Waals surface area contributed by atoms with Gasteiger partial charge < -0.3 is 9.88 Å². The molecule has 0 amide bonds. The van der Waals surface area contributed by atoms with E-state index in [1.54, 1.807) is 0 Å². The second-order valence-electron chi connectivity index (χ2n) is 5.89. The van der Waals surface area contributed by atoms with Crippen LogP contribution >= 0.6 is 0 Å². The number of hydrogen-bond donors (Lipinski definition) is 1. The smallest absolute Gasteiger partial charge is 0.112 e. The summed E-state index contributed by atoms with van der Waals surface area (Å²) in [4.78, 5) is 4.87. The van der Waals surface area contributed by atoms with Gasteiger partial charge in [0.25, 0.3) is 0 Å². The van der Waals surface area contributed by atoms with Crippen molar-refractivity contribution < 1.29 is 4.21 Å². The van der Waals surface area contributed by atoms with Crippen molar-refractivity contribution in [2.24, 2.45) is 0 Å². The Kier molecular flexibility index (Phi) is 3.76. The van der Waals surface area contributed by atoms with E-state index in [9.17, 15) is 4.21 Å². The zero-order valence-corrected chi connectivity index (χ0v) is 12.6. The van der Waals surface area contributed by atoms with Crippen molar-refractivity contribution in [2.45, 2.75) is 51.6 Å². The first-order chi connectivity index (χ1) is 9.16. The summed E-state index contributed by atoms with van der Waals surface area (Å²) < 4.78 is 14.1. The first-order valence-corrected chi connectivity index (χ1v) is 8.81. The van der Waals surface area contributed by atoms with Crippen LogP contribution in [-0.2, 0) is 23.8 Å². The molecule has 1 N–H and O–H groups in total. The molecular weight excluding hydrogens is 258 g/mol. The lowest BCUT2D eigenvalue weighted by Crippen LogP contribution is -2.28. The molecule has 1 aromatic rings. The maximum atomic E-state index is 11.6. The zero-order valence-electron chi connectivity index (χ0n) is 11.8. The highest BCUT2D eigenvalue weighted by molar-refractivity contribution is 7.85. The third-order valence-corrected chi connectivity index (χ3v) is 5.57. The van der Waals surface area contributed by atoms with Gasteiger partial charge in [-0.2, -0.15) is 0 Å². The van der Waals surface area contributed by atoms with Crippen LogP contribution in [0.5, 0.6) is 0 Å². The Morgan fingerprint density at radius 2 is 2.11 bits per heavy atom. The molecule has 0 aromatic carbocycles. The van der Waals surface area contributed by atoms with Crippen LogP contribution in [-0.4, -0.2) is 31.8 Å². The average Bonchev–Trinajstić information content (AvgIpc) is 2.79. The molecule has 0 radical (unpaired) electrons.